The molecule has 1 atom stereocenters. The maximum absolute atomic E-state index is 5.98. The van der Waals surface area contributed by atoms with Crippen LogP contribution >= 0.6 is 34.3 Å². The van der Waals surface area contributed by atoms with Crippen molar-refractivity contribution in [3.8, 4) is 0 Å². The molecule has 0 amide bonds. The Kier molecular flexibility index (Phi) is 4.35. The molecular weight excluding hydrogens is 260 g/mol. The van der Waals surface area contributed by atoms with Crippen molar-refractivity contribution in [2.45, 2.75) is 19.4 Å². The van der Waals surface area contributed by atoms with Gasteiger partial charge >= 0.3 is 0 Å². The first-order valence-corrected chi connectivity index (χ1v) is 7.25. The predicted octanol–water partition coefficient (Wildman–Crippen LogP) is 3.95. The van der Waals surface area contributed by atoms with Gasteiger partial charge in [-0.1, -0.05) is 18.5 Å². The largest absolute Gasteiger partial charge is 0.305 e. The third-order valence-electron chi connectivity index (χ3n) is 2.21. The van der Waals surface area contributed by atoms with Crippen LogP contribution in [0.5, 0.6) is 0 Å². The summed E-state index contributed by atoms with van der Waals surface area (Å²) in [6, 6.07) is 4.27. The number of thiophene rings is 1. The third-order valence-corrected chi connectivity index (χ3v) is 4.35. The molecule has 0 aromatic carbocycles. The fourth-order valence-corrected chi connectivity index (χ4v) is 3.42. The van der Waals surface area contributed by atoms with Crippen LogP contribution in [0.1, 0.15) is 29.1 Å². The Morgan fingerprint density at radius 3 is 2.88 bits per heavy atom. The lowest BCUT2D eigenvalue weighted by Crippen LogP contribution is -2.21. The molecule has 86 valence electrons. The van der Waals surface area contributed by atoms with Crippen LogP contribution in [0.4, 0.5) is 0 Å². The van der Waals surface area contributed by atoms with E-state index in [2.05, 4.69) is 23.3 Å². The minimum atomic E-state index is 0.241. The summed E-state index contributed by atoms with van der Waals surface area (Å²) < 4.78 is 0.836. The number of thiazole rings is 1. The average Bonchev–Trinajstić information content (AvgIpc) is 2.91. The summed E-state index contributed by atoms with van der Waals surface area (Å²) >= 11 is 9.28. The van der Waals surface area contributed by atoms with E-state index in [1.807, 2.05) is 17.8 Å². The molecule has 5 heteroatoms. The number of hydrogen-bond donors (Lipinski definition) is 1. The van der Waals surface area contributed by atoms with Crippen molar-refractivity contribution in [3.05, 3.63) is 37.9 Å². The summed E-state index contributed by atoms with van der Waals surface area (Å²) in [4.78, 5) is 6.63. The van der Waals surface area contributed by atoms with Crippen LogP contribution in [0.15, 0.2) is 23.8 Å². The molecule has 0 radical (unpaired) electrons. The molecule has 0 aliphatic rings. The van der Waals surface area contributed by atoms with E-state index in [0.29, 0.717) is 0 Å². The molecule has 0 aliphatic carbocycles. The summed E-state index contributed by atoms with van der Waals surface area (Å²) in [6.07, 6.45) is 3.04. The van der Waals surface area contributed by atoms with E-state index in [0.717, 1.165) is 17.3 Å². The minimum Gasteiger partial charge on any atom is -0.305 e. The Labute approximate surface area is 108 Å². The zero-order valence-corrected chi connectivity index (χ0v) is 11.3. The summed E-state index contributed by atoms with van der Waals surface area (Å²) in [7, 11) is 0. The van der Waals surface area contributed by atoms with Gasteiger partial charge in [0.2, 0.25) is 0 Å². The van der Waals surface area contributed by atoms with E-state index in [1.165, 1.54) is 9.75 Å². The van der Waals surface area contributed by atoms with Gasteiger partial charge in [0.05, 0.1) is 15.9 Å². The molecule has 0 aliphatic heterocycles. The number of nitrogens with one attached hydrogen (secondary N) is 1. The molecule has 0 saturated heterocycles. The highest BCUT2D eigenvalue weighted by Crippen LogP contribution is 2.32. The monoisotopic (exact) mass is 272 g/mol. The van der Waals surface area contributed by atoms with Crippen molar-refractivity contribution < 1.29 is 0 Å². The second kappa shape index (κ2) is 5.77. The van der Waals surface area contributed by atoms with Crippen LogP contribution in [0.2, 0.25) is 4.34 Å². The SMILES string of the molecule is CCCNC(c1cncs1)c1ccc(Cl)s1. The fraction of sp³-hybridized carbons (Fsp3) is 0.364. The van der Waals surface area contributed by atoms with Crippen molar-refractivity contribution in [1.29, 1.82) is 0 Å². The standard InChI is InChI=1S/C11H13ClN2S2/c1-2-5-14-11(9-6-13-7-15-9)8-3-4-10(12)16-8/h3-4,6-7,11,14H,2,5H2,1H3. The average molecular weight is 273 g/mol. The van der Waals surface area contributed by atoms with Gasteiger partial charge in [-0.3, -0.25) is 4.98 Å². The van der Waals surface area contributed by atoms with Crippen LogP contribution < -0.4 is 5.32 Å². The van der Waals surface area contributed by atoms with Crippen LogP contribution in [0, 0.1) is 0 Å². The van der Waals surface area contributed by atoms with Gasteiger partial charge in [-0.25, -0.2) is 0 Å². The van der Waals surface area contributed by atoms with E-state index in [4.69, 9.17) is 11.6 Å². The lowest BCUT2D eigenvalue weighted by atomic mass is 10.2. The Morgan fingerprint density at radius 2 is 2.31 bits per heavy atom. The van der Waals surface area contributed by atoms with Crippen molar-refractivity contribution in [2.24, 2.45) is 0 Å². The molecule has 16 heavy (non-hydrogen) atoms. The molecule has 2 nitrogen and oxygen atoms in total. The van der Waals surface area contributed by atoms with E-state index < -0.39 is 0 Å². The molecule has 2 aromatic heterocycles. The van der Waals surface area contributed by atoms with E-state index >= 15 is 0 Å². The van der Waals surface area contributed by atoms with Gasteiger partial charge in [-0.05, 0) is 25.1 Å². The maximum Gasteiger partial charge on any atom is 0.0931 e. The first kappa shape index (κ1) is 12.0. The Bertz CT molecular complexity index is 425. The zero-order valence-electron chi connectivity index (χ0n) is 8.94. The van der Waals surface area contributed by atoms with Crippen molar-refractivity contribution in [2.75, 3.05) is 6.54 Å². The maximum atomic E-state index is 5.98. The highest BCUT2D eigenvalue weighted by molar-refractivity contribution is 7.16. The van der Waals surface area contributed by atoms with E-state index in [9.17, 15) is 0 Å². The van der Waals surface area contributed by atoms with Crippen LogP contribution in [-0.4, -0.2) is 11.5 Å². The molecule has 0 bridgehead atoms. The van der Waals surface area contributed by atoms with Gasteiger partial charge in [0, 0.05) is 16.0 Å². The van der Waals surface area contributed by atoms with Gasteiger partial charge in [0.25, 0.3) is 0 Å². The first-order valence-electron chi connectivity index (χ1n) is 5.18. The first-order chi connectivity index (χ1) is 7.81. The van der Waals surface area contributed by atoms with E-state index in [-0.39, 0.29) is 6.04 Å². The molecule has 2 heterocycles. The Morgan fingerprint density at radius 1 is 1.44 bits per heavy atom. The highest BCUT2D eigenvalue weighted by atomic mass is 35.5. The van der Waals surface area contributed by atoms with Crippen LogP contribution in [0.25, 0.3) is 0 Å². The highest BCUT2D eigenvalue weighted by Gasteiger charge is 2.16. The second-order valence-corrected chi connectivity index (χ2v) is 6.10. The number of aromatic nitrogens is 1. The fourth-order valence-electron chi connectivity index (χ4n) is 1.48. The Hall–Kier alpha value is -0.420. The topological polar surface area (TPSA) is 24.9 Å². The van der Waals surface area contributed by atoms with Gasteiger partial charge in [0.1, 0.15) is 0 Å². The van der Waals surface area contributed by atoms with Crippen LogP contribution in [-0.2, 0) is 0 Å². The summed E-state index contributed by atoms with van der Waals surface area (Å²) in [5, 5.41) is 3.52. The third kappa shape index (κ3) is 2.83. The number of nitrogens with zero attached hydrogens (tertiary/aromatic N) is 1. The zero-order chi connectivity index (χ0) is 11.4. The molecule has 2 aromatic rings. The van der Waals surface area contributed by atoms with Crippen molar-refractivity contribution >= 4 is 34.3 Å². The normalized spacial score (nSPS) is 12.9. The van der Waals surface area contributed by atoms with Crippen molar-refractivity contribution in [3.63, 3.8) is 0 Å². The smallest absolute Gasteiger partial charge is 0.0931 e. The quantitative estimate of drug-likeness (QED) is 0.892. The molecule has 0 saturated carbocycles. The molecule has 1 N–H and O–H groups in total. The van der Waals surface area contributed by atoms with E-state index in [1.54, 1.807) is 22.7 Å². The van der Waals surface area contributed by atoms with Crippen molar-refractivity contribution in [1.82, 2.24) is 10.3 Å². The second-order valence-electron chi connectivity index (χ2n) is 3.43. The number of halogens is 1. The Balaban J connectivity index is 2.21. The lowest BCUT2D eigenvalue weighted by Gasteiger charge is -2.14. The summed E-state index contributed by atoms with van der Waals surface area (Å²) in [5.74, 6) is 0. The molecule has 0 fully saturated rings. The lowest BCUT2D eigenvalue weighted by molar-refractivity contribution is 0.612. The summed E-state index contributed by atoms with van der Waals surface area (Å²) in [5.41, 5.74) is 1.87. The minimum absolute atomic E-state index is 0.241. The van der Waals surface area contributed by atoms with Gasteiger partial charge in [-0.2, -0.15) is 0 Å². The molecule has 2 rings (SSSR count). The summed E-state index contributed by atoms with van der Waals surface area (Å²) in [6.45, 7) is 3.16. The van der Waals surface area contributed by atoms with Gasteiger partial charge in [-0.15, -0.1) is 22.7 Å². The van der Waals surface area contributed by atoms with Gasteiger partial charge < -0.3 is 5.32 Å². The predicted molar refractivity (Wildman–Crippen MR) is 71.6 cm³/mol. The van der Waals surface area contributed by atoms with Crippen LogP contribution in [0.3, 0.4) is 0 Å². The van der Waals surface area contributed by atoms with Gasteiger partial charge in [0.15, 0.2) is 0 Å². The number of rotatable bonds is 5. The number of hydrogen-bond acceptors (Lipinski definition) is 4. The molecule has 0 spiro atoms. The molecular formula is C11H13ClN2S2. The molecule has 1 unspecified atom stereocenters.